The average Bonchev–Trinajstić information content (AvgIpc) is 2.40. The number of aromatic nitrogens is 2. The predicted molar refractivity (Wildman–Crippen MR) is 73.3 cm³/mol. The minimum atomic E-state index is 0.474. The van der Waals surface area contributed by atoms with Crippen molar-refractivity contribution in [1.29, 1.82) is 0 Å². The molecule has 4 nitrogen and oxygen atoms in total. The third-order valence-electron chi connectivity index (χ3n) is 2.37. The quantitative estimate of drug-likeness (QED) is 0.922. The zero-order chi connectivity index (χ0) is 12.8. The molecule has 0 saturated heterocycles. The molecule has 18 heavy (non-hydrogen) atoms. The van der Waals surface area contributed by atoms with Crippen molar-refractivity contribution in [2.45, 2.75) is 13.2 Å². The van der Waals surface area contributed by atoms with Crippen LogP contribution >= 0.6 is 15.9 Å². The van der Waals surface area contributed by atoms with Crippen LogP contribution in [0.5, 0.6) is 5.88 Å². The van der Waals surface area contributed by atoms with Crippen LogP contribution in [0.4, 0.5) is 0 Å². The van der Waals surface area contributed by atoms with Crippen molar-refractivity contribution in [2.24, 2.45) is 0 Å². The van der Waals surface area contributed by atoms with E-state index in [9.17, 15) is 0 Å². The Kier molecular flexibility index (Phi) is 4.66. The molecule has 0 saturated carbocycles. The smallest absolute Gasteiger partial charge is 0.232 e. The Morgan fingerprint density at radius 3 is 2.72 bits per heavy atom. The minimum Gasteiger partial charge on any atom is -0.472 e. The SMILES string of the molecule is CNCc1cnc(OCc2ccccc2Br)cn1. The molecule has 0 aliphatic heterocycles. The standard InChI is InChI=1S/C13H14BrN3O/c1-15-6-11-7-17-13(8-16-11)18-9-10-4-2-3-5-12(10)14/h2-5,7-8,15H,6,9H2,1H3. The molecule has 0 aliphatic rings. The fourth-order valence-corrected chi connectivity index (χ4v) is 1.86. The van der Waals surface area contributed by atoms with Gasteiger partial charge in [0, 0.05) is 16.6 Å². The highest BCUT2D eigenvalue weighted by Gasteiger charge is 2.01. The molecule has 0 amide bonds. The first kappa shape index (κ1) is 13.0. The number of hydrogen-bond acceptors (Lipinski definition) is 4. The van der Waals surface area contributed by atoms with Gasteiger partial charge in [-0.1, -0.05) is 34.1 Å². The molecule has 1 aromatic heterocycles. The van der Waals surface area contributed by atoms with Gasteiger partial charge in [0.25, 0.3) is 0 Å². The van der Waals surface area contributed by atoms with Crippen molar-refractivity contribution in [3.8, 4) is 5.88 Å². The topological polar surface area (TPSA) is 47.0 Å². The highest BCUT2D eigenvalue weighted by atomic mass is 79.9. The molecule has 2 aromatic rings. The summed E-state index contributed by atoms with van der Waals surface area (Å²) >= 11 is 3.48. The van der Waals surface area contributed by atoms with Gasteiger partial charge in [-0.3, -0.25) is 4.98 Å². The summed E-state index contributed by atoms with van der Waals surface area (Å²) in [5, 5.41) is 3.02. The number of nitrogens with zero attached hydrogens (tertiary/aromatic N) is 2. The summed E-state index contributed by atoms with van der Waals surface area (Å²) < 4.78 is 6.61. The van der Waals surface area contributed by atoms with Crippen LogP contribution in [0.2, 0.25) is 0 Å². The number of nitrogens with one attached hydrogen (secondary N) is 1. The molecule has 0 fully saturated rings. The fraction of sp³-hybridized carbons (Fsp3) is 0.231. The van der Waals surface area contributed by atoms with E-state index in [0.29, 0.717) is 19.0 Å². The van der Waals surface area contributed by atoms with E-state index >= 15 is 0 Å². The van der Waals surface area contributed by atoms with Crippen LogP contribution in [0.3, 0.4) is 0 Å². The van der Waals surface area contributed by atoms with Gasteiger partial charge >= 0.3 is 0 Å². The van der Waals surface area contributed by atoms with Crippen molar-refractivity contribution < 1.29 is 4.74 Å². The van der Waals surface area contributed by atoms with Crippen LogP contribution in [0.25, 0.3) is 0 Å². The number of hydrogen-bond donors (Lipinski definition) is 1. The molecule has 1 heterocycles. The first-order chi connectivity index (χ1) is 8.79. The Balaban J connectivity index is 1.96. The molecule has 2 rings (SSSR count). The molecular formula is C13H14BrN3O. The molecule has 0 unspecified atom stereocenters. The van der Waals surface area contributed by atoms with E-state index in [0.717, 1.165) is 15.7 Å². The van der Waals surface area contributed by atoms with Crippen molar-refractivity contribution in [2.75, 3.05) is 7.05 Å². The second kappa shape index (κ2) is 6.47. The van der Waals surface area contributed by atoms with Crippen molar-refractivity contribution in [1.82, 2.24) is 15.3 Å². The number of ether oxygens (including phenoxy) is 1. The second-order valence-corrected chi connectivity index (χ2v) is 4.61. The molecule has 0 radical (unpaired) electrons. The lowest BCUT2D eigenvalue weighted by Crippen LogP contribution is -2.07. The Hall–Kier alpha value is -1.46. The van der Waals surface area contributed by atoms with Gasteiger partial charge in [-0.25, -0.2) is 4.98 Å². The van der Waals surface area contributed by atoms with Gasteiger partial charge in [-0.05, 0) is 13.1 Å². The van der Waals surface area contributed by atoms with Gasteiger partial charge in [0.15, 0.2) is 0 Å². The van der Waals surface area contributed by atoms with Gasteiger partial charge in [0.2, 0.25) is 5.88 Å². The fourth-order valence-electron chi connectivity index (χ4n) is 1.46. The number of rotatable bonds is 5. The van der Waals surface area contributed by atoms with Crippen molar-refractivity contribution in [3.05, 3.63) is 52.4 Å². The number of benzene rings is 1. The van der Waals surface area contributed by atoms with Gasteiger partial charge < -0.3 is 10.1 Å². The molecule has 0 bridgehead atoms. The molecule has 0 spiro atoms. The maximum atomic E-state index is 5.58. The largest absolute Gasteiger partial charge is 0.472 e. The molecule has 94 valence electrons. The number of halogens is 1. The lowest BCUT2D eigenvalue weighted by atomic mass is 10.2. The van der Waals surface area contributed by atoms with E-state index in [-0.39, 0.29) is 0 Å². The van der Waals surface area contributed by atoms with E-state index < -0.39 is 0 Å². The van der Waals surface area contributed by atoms with E-state index in [1.54, 1.807) is 12.4 Å². The van der Waals surface area contributed by atoms with Gasteiger partial charge in [-0.2, -0.15) is 0 Å². The van der Waals surface area contributed by atoms with Gasteiger partial charge in [-0.15, -0.1) is 0 Å². The zero-order valence-electron chi connectivity index (χ0n) is 10.1. The molecule has 0 aliphatic carbocycles. The lowest BCUT2D eigenvalue weighted by Gasteiger charge is -2.07. The van der Waals surface area contributed by atoms with Crippen LogP contribution < -0.4 is 10.1 Å². The Labute approximate surface area is 115 Å². The first-order valence-corrected chi connectivity index (χ1v) is 6.40. The van der Waals surface area contributed by atoms with Crippen molar-refractivity contribution in [3.63, 3.8) is 0 Å². The van der Waals surface area contributed by atoms with Crippen LogP contribution in [-0.4, -0.2) is 17.0 Å². The molecule has 0 atom stereocenters. The summed E-state index contributed by atoms with van der Waals surface area (Å²) in [6.45, 7) is 1.18. The lowest BCUT2D eigenvalue weighted by molar-refractivity contribution is 0.291. The van der Waals surface area contributed by atoms with Gasteiger partial charge in [0.1, 0.15) is 6.61 Å². The molecule has 5 heteroatoms. The van der Waals surface area contributed by atoms with Crippen LogP contribution in [0, 0.1) is 0 Å². The highest BCUT2D eigenvalue weighted by Crippen LogP contribution is 2.17. The van der Waals surface area contributed by atoms with Crippen LogP contribution in [0.1, 0.15) is 11.3 Å². The normalized spacial score (nSPS) is 10.3. The Bertz CT molecular complexity index is 502. The monoisotopic (exact) mass is 307 g/mol. The summed E-state index contributed by atoms with van der Waals surface area (Å²) in [5.41, 5.74) is 1.98. The minimum absolute atomic E-state index is 0.474. The summed E-state index contributed by atoms with van der Waals surface area (Å²) in [7, 11) is 1.87. The second-order valence-electron chi connectivity index (χ2n) is 3.76. The third-order valence-corrected chi connectivity index (χ3v) is 3.15. The molecule has 1 aromatic carbocycles. The van der Waals surface area contributed by atoms with Crippen molar-refractivity contribution >= 4 is 15.9 Å². The summed E-state index contributed by atoms with van der Waals surface area (Å²) in [6.07, 6.45) is 3.36. The third kappa shape index (κ3) is 3.51. The van der Waals surface area contributed by atoms with Crippen LogP contribution in [-0.2, 0) is 13.2 Å². The highest BCUT2D eigenvalue weighted by molar-refractivity contribution is 9.10. The maximum Gasteiger partial charge on any atom is 0.232 e. The van der Waals surface area contributed by atoms with Crippen LogP contribution in [0.15, 0.2) is 41.1 Å². The van der Waals surface area contributed by atoms with Gasteiger partial charge in [0.05, 0.1) is 18.1 Å². The molecule has 1 N–H and O–H groups in total. The van der Waals surface area contributed by atoms with E-state index in [4.69, 9.17) is 4.74 Å². The summed E-state index contributed by atoms with van der Waals surface area (Å²) in [4.78, 5) is 8.44. The maximum absolute atomic E-state index is 5.58. The van der Waals surface area contributed by atoms with E-state index in [1.165, 1.54) is 0 Å². The zero-order valence-corrected chi connectivity index (χ0v) is 11.6. The first-order valence-electron chi connectivity index (χ1n) is 5.61. The Morgan fingerprint density at radius 1 is 1.22 bits per heavy atom. The average molecular weight is 308 g/mol. The Morgan fingerprint density at radius 2 is 2.06 bits per heavy atom. The summed E-state index contributed by atoms with van der Waals surface area (Å²) in [6, 6.07) is 7.94. The summed E-state index contributed by atoms with van der Waals surface area (Å²) in [5.74, 6) is 0.533. The van der Waals surface area contributed by atoms with E-state index in [1.807, 2.05) is 31.3 Å². The predicted octanol–water partition coefficient (Wildman–Crippen LogP) is 2.54. The van der Waals surface area contributed by atoms with E-state index in [2.05, 4.69) is 31.2 Å². The molecular weight excluding hydrogens is 294 g/mol.